The van der Waals surface area contributed by atoms with Gasteiger partial charge in [0.15, 0.2) is 0 Å². The molecule has 0 atom stereocenters. The average Bonchev–Trinajstić information content (AvgIpc) is 2.48. The predicted molar refractivity (Wildman–Crippen MR) is 98.0 cm³/mol. The van der Waals surface area contributed by atoms with Crippen molar-refractivity contribution in [1.82, 2.24) is 4.31 Å². The molecule has 3 rings (SSSR count). The number of rotatable bonds is 4. The zero-order valence-corrected chi connectivity index (χ0v) is 16.2. The second-order valence-corrected chi connectivity index (χ2v) is 9.50. The van der Waals surface area contributed by atoms with Crippen LogP contribution in [0.4, 0.5) is 0 Å². The molecule has 1 aliphatic heterocycles. The van der Waals surface area contributed by atoms with Crippen LogP contribution in [-0.4, -0.2) is 31.9 Å². The number of aryl methyl sites for hydroxylation is 1. The first-order valence-corrected chi connectivity index (χ1v) is 9.89. The van der Waals surface area contributed by atoms with Gasteiger partial charge in [0.2, 0.25) is 10.0 Å². The van der Waals surface area contributed by atoms with E-state index in [1.807, 2.05) is 12.1 Å². The molecule has 1 aliphatic rings. The van der Waals surface area contributed by atoms with E-state index in [0.29, 0.717) is 11.5 Å². The van der Waals surface area contributed by atoms with Crippen LogP contribution in [0.1, 0.15) is 32.1 Å². The maximum Gasteiger partial charge on any atom is 0.339 e. The van der Waals surface area contributed by atoms with Crippen LogP contribution in [0.5, 0.6) is 5.75 Å². The molecule has 140 valence electrons. The highest BCUT2D eigenvalue weighted by Crippen LogP contribution is 2.27. The molecule has 2 aromatic rings. The van der Waals surface area contributed by atoms with E-state index < -0.39 is 15.6 Å². The van der Waals surface area contributed by atoms with E-state index in [2.05, 4.69) is 20.8 Å². The lowest BCUT2D eigenvalue weighted by Crippen LogP contribution is -2.56. The Labute approximate surface area is 153 Å². The van der Waals surface area contributed by atoms with Gasteiger partial charge in [0, 0.05) is 6.07 Å². The number of benzene rings is 1. The molecule has 0 spiro atoms. The standard InChI is InChI=1S/C19H23NO5S/c1-13-9-15(10-18(21)24-13)25-16-11-20(12-16)26(22,23)17-7-5-14(6-8-17)19(2,3)4/h5-10,16H,11-12H2,1-4H3. The molecule has 7 heteroatoms. The van der Waals surface area contributed by atoms with E-state index in [1.54, 1.807) is 25.1 Å². The Bertz CT molecular complexity index is 949. The minimum Gasteiger partial charge on any atom is -0.487 e. The van der Waals surface area contributed by atoms with E-state index in [-0.39, 0.29) is 29.5 Å². The third-order valence-electron chi connectivity index (χ3n) is 4.34. The molecule has 0 unspecified atom stereocenters. The van der Waals surface area contributed by atoms with Crippen LogP contribution in [0, 0.1) is 6.92 Å². The lowest BCUT2D eigenvalue weighted by molar-refractivity contribution is 0.0754. The fourth-order valence-corrected chi connectivity index (χ4v) is 4.29. The van der Waals surface area contributed by atoms with Gasteiger partial charge < -0.3 is 9.15 Å². The van der Waals surface area contributed by atoms with Crippen molar-refractivity contribution in [3.05, 3.63) is 58.1 Å². The minimum absolute atomic E-state index is 0.0293. The smallest absolute Gasteiger partial charge is 0.339 e. The van der Waals surface area contributed by atoms with Crippen LogP contribution in [0.3, 0.4) is 0 Å². The van der Waals surface area contributed by atoms with Crippen molar-refractivity contribution in [1.29, 1.82) is 0 Å². The van der Waals surface area contributed by atoms with Crippen LogP contribution in [-0.2, 0) is 15.4 Å². The topological polar surface area (TPSA) is 76.8 Å². The highest BCUT2D eigenvalue weighted by molar-refractivity contribution is 7.89. The van der Waals surface area contributed by atoms with Crippen LogP contribution < -0.4 is 10.4 Å². The Kier molecular flexibility index (Phi) is 4.71. The summed E-state index contributed by atoms with van der Waals surface area (Å²) in [5.41, 5.74) is 0.570. The number of ether oxygens (including phenoxy) is 1. The van der Waals surface area contributed by atoms with Crippen molar-refractivity contribution < 1.29 is 17.6 Å². The molecule has 26 heavy (non-hydrogen) atoms. The lowest BCUT2D eigenvalue weighted by atomic mass is 9.87. The molecular weight excluding hydrogens is 354 g/mol. The molecule has 1 aromatic carbocycles. The van der Waals surface area contributed by atoms with Crippen molar-refractivity contribution >= 4 is 10.0 Å². The number of sulfonamides is 1. The zero-order chi connectivity index (χ0) is 19.1. The first-order valence-electron chi connectivity index (χ1n) is 8.45. The van der Waals surface area contributed by atoms with E-state index in [9.17, 15) is 13.2 Å². The van der Waals surface area contributed by atoms with Gasteiger partial charge in [0.05, 0.1) is 24.1 Å². The molecule has 1 aromatic heterocycles. The summed E-state index contributed by atoms with van der Waals surface area (Å²) in [5, 5.41) is 0. The van der Waals surface area contributed by atoms with E-state index in [0.717, 1.165) is 5.56 Å². The molecule has 0 N–H and O–H groups in total. The maximum absolute atomic E-state index is 12.7. The highest BCUT2D eigenvalue weighted by Gasteiger charge is 2.38. The minimum atomic E-state index is -3.53. The molecule has 6 nitrogen and oxygen atoms in total. The van der Waals surface area contributed by atoms with E-state index in [1.165, 1.54) is 10.4 Å². The highest BCUT2D eigenvalue weighted by atomic mass is 32.2. The van der Waals surface area contributed by atoms with Crippen LogP contribution in [0.15, 0.2) is 50.5 Å². The van der Waals surface area contributed by atoms with Gasteiger partial charge in [-0.15, -0.1) is 0 Å². The molecule has 0 amide bonds. The van der Waals surface area contributed by atoms with Crippen molar-refractivity contribution in [2.24, 2.45) is 0 Å². The third kappa shape index (κ3) is 3.83. The Morgan fingerprint density at radius 3 is 2.27 bits per heavy atom. The molecule has 1 fully saturated rings. The summed E-state index contributed by atoms with van der Waals surface area (Å²) in [5.74, 6) is 0.852. The molecule has 1 saturated heterocycles. The normalized spacial score (nSPS) is 16.3. The van der Waals surface area contributed by atoms with Gasteiger partial charge in [-0.1, -0.05) is 32.9 Å². The van der Waals surface area contributed by atoms with Gasteiger partial charge in [0.1, 0.15) is 17.6 Å². The maximum atomic E-state index is 12.7. The number of nitrogens with zero attached hydrogens (tertiary/aromatic N) is 1. The van der Waals surface area contributed by atoms with Gasteiger partial charge in [-0.2, -0.15) is 4.31 Å². The Morgan fingerprint density at radius 1 is 1.12 bits per heavy atom. The number of hydrogen-bond donors (Lipinski definition) is 0. The first-order chi connectivity index (χ1) is 12.1. The first kappa shape index (κ1) is 18.7. The van der Waals surface area contributed by atoms with Gasteiger partial charge in [-0.25, -0.2) is 13.2 Å². The van der Waals surface area contributed by atoms with Crippen molar-refractivity contribution in [2.45, 2.75) is 44.1 Å². The van der Waals surface area contributed by atoms with Crippen LogP contribution in [0.25, 0.3) is 0 Å². The van der Waals surface area contributed by atoms with Gasteiger partial charge in [-0.3, -0.25) is 0 Å². The monoisotopic (exact) mass is 377 g/mol. The second-order valence-electron chi connectivity index (χ2n) is 7.56. The van der Waals surface area contributed by atoms with Gasteiger partial charge in [-0.05, 0) is 30.0 Å². The summed E-state index contributed by atoms with van der Waals surface area (Å²) in [4.78, 5) is 11.6. The third-order valence-corrected chi connectivity index (χ3v) is 6.19. The van der Waals surface area contributed by atoms with Gasteiger partial charge >= 0.3 is 5.63 Å². The summed E-state index contributed by atoms with van der Waals surface area (Å²) < 4.78 is 37.3. The van der Waals surface area contributed by atoms with E-state index >= 15 is 0 Å². The summed E-state index contributed by atoms with van der Waals surface area (Å²) in [7, 11) is -3.53. The average molecular weight is 377 g/mol. The van der Waals surface area contributed by atoms with E-state index in [4.69, 9.17) is 9.15 Å². The Morgan fingerprint density at radius 2 is 1.73 bits per heavy atom. The molecule has 0 aliphatic carbocycles. The zero-order valence-electron chi connectivity index (χ0n) is 15.4. The van der Waals surface area contributed by atoms with Crippen molar-refractivity contribution in [2.75, 3.05) is 13.1 Å². The van der Waals surface area contributed by atoms with Crippen molar-refractivity contribution in [3.63, 3.8) is 0 Å². The SMILES string of the molecule is Cc1cc(OC2CN(S(=O)(=O)c3ccc(C(C)(C)C)cc3)C2)cc(=O)o1. The fraction of sp³-hybridized carbons (Fsp3) is 0.421. The summed E-state index contributed by atoms with van der Waals surface area (Å²) in [6.45, 7) is 8.41. The second kappa shape index (κ2) is 6.55. The quantitative estimate of drug-likeness (QED) is 0.819. The van der Waals surface area contributed by atoms with Crippen LogP contribution >= 0.6 is 0 Å². The molecule has 2 heterocycles. The molecule has 0 saturated carbocycles. The summed E-state index contributed by atoms with van der Waals surface area (Å²) >= 11 is 0. The largest absolute Gasteiger partial charge is 0.487 e. The number of hydrogen-bond acceptors (Lipinski definition) is 5. The summed E-state index contributed by atoms with van der Waals surface area (Å²) in [6, 6.07) is 9.88. The van der Waals surface area contributed by atoms with Gasteiger partial charge in [0.25, 0.3) is 0 Å². The molecule has 0 radical (unpaired) electrons. The molecule has 0 bridgehead atoms. The Hall–Kier alpha value is -2.12. The lowest BCUT2D eigenvalue weighted by Gasteiger charge is -2.37. The summed E-state index contributed by atoms with van der Waals surface area (Å²) in [6.07, 6.45) is -0.278. The van der Waals surface area contributed by atoms with Crippen molar-refractivity contribution in [3.8, 4) is 5.75 Å². The van der Waals surface area contributed by atoms with Crippen LogP contribution in [0.2, 0.25) is 0 Å². The molecular formula is C19H23NO5S. The fourth-order valence-electron chi connectivity index (χ4n) is 2.78. The predicted octanol–water partition coefficient (Wildman–Crippen LogP) is 2.70. The Balaban J connectivity index is 1.66.